The van der Waals surface area contributed by atoms with Crippen molar-refractivity contribution in [3.05, 3.63) is 70.6 Å². The first-order valence-corrected chi connectivity index (χ1v) is 5.83. The molecule has 0 fully saturated rings. The molecule has 0 saturated heterocycles. The van der Waals surface area contributed by atoms with E-state index in [0.29, 0.717) is 16.5 Å². The fourth-order valence-corrected chi connectivity index (χ4v) is 2.06. The summed E-state index contributed by atoms with van der Waals surface area (Å²) in [6.45, 7) is 1.97. The van der Waals surface area contributed by atoms with Crippen molar-refractivity contribution in [1.29, 1.82) is 0 Å². The van der Waals surface area contributed by atoms with Gasteiger partial charge < -0.3 is 4.42 Å². The van der Waals surface area contributed by atoms with Crippen molar-refractivity contribution in [2.24, 2.45) is 0 Å². The van der Waals surface area contributed by atoms with E-state index in [2.05, 4.69) is 0 Å². The SMILES string of the molecule is Cc1ccc2occ(-c3ccccc3)c(=O)c2c1. The lowest BCUT2D eigenvalue weighted by molar-refractivity contribution is 0.604. The van der Waals surface area contributed by atoms with Crippen LogP contribution in [0.4, 0.5) is 0 Å². The summed E-state index contributed by atoms with van der Waals surface area (Å²) in [5, 5.41) is 0.636. The number of hydrogen-bond acceptors (Lipinski definition) is 2. The van der Waals surface area contributed by atoms with E-state index in [9.17, 15) is 4.79 Å². The van der Waals surface area contributed by atoms with Crippen LogP contribution >= 0.6 is 0 Å². The summed E-state index contributed by atoms with van der Waals surface area (Å²) >= 11 is 0. The van der Waals surface area contributed by atoms with Crippen molar-refractivity contribution < 1.29 is 4.42 Å². The van der Waals surface area contributed by atoms with Gasteiger partial charge >= 0.3 is 0 Å². The van der Waals surface area contributed by atoms with Crippen LogP contribution < -0.4 is 5.43 Å². The molecule has 2 heteroatoms. The molecule has 0 radical (unpaired) electrons. The molecule has 2 nitrogen and oxygen atoms in total. The quantitative estimate of drug-likeness (QED) is 0.643. The van der Waals surface area contributed by atoms with E-state index in [4.69, 9.17) is 4.42 Å². The molecule has 3 aromatic rings. The highest BCUT2D eigenvalue weighted by Crippen LogP contribution is 2.19. The monoisotopic (exact) mass is 236 g/mol. The van der Waals surface area contributed by atoms with E-state index in [1.807, 2.05) is 55.5 Å². The van der Waals surface area contributed by atoms with E-state index < -0.39 is 0 Å². The highest BCUT2D eigenvalue weighted by Gasteiger charge is 2.08. The molecule has 18 heavy (non-hydrogen) atoms. The Morgan fingerprint density at radius 1 is 1.00 bits per heavy atom. The normalized spacial score (nSPS) is 10.7. The molecule has 1 heterocycles. The predicted octanol–water partition coefficient (Wildman–Crippen LogP) is 3.77. The van der Waals surface area contributed by atoms with E-state index in [-0.39, 0.29) is 5.43 Å². The zero-order chi connectivity index (χ0) is 12.5. The Balaban J connectivity index is 2.33. The molecule has 0 N–H and O–H groups in total. The van der Waals surface area contributed by atoms with Gasteiger partial charge in [-0.25, -0.2) is 0 Å². The highest BCUT2D eigenvalue weighted by atomic mass is 16.3. The zero-order valence-corrected chi connectivity index (χ0v) is 10.0. The van der Waals surface area contributed by atoms with Crippen LogP contribution in [-0.4, -0.2) is 0 Å². The molecule has 0 unspecified atom stereocenters. The molecule has 0 aliphatic heterocycles. The number of rotatable bonds is 1. The second kappa shape index (κ2) is 4.15. The summed E-state index contributed by atoms with van der Waals surface area (Å²) in [7, 11) is 0. The lowest BCUT2D eigenvalue weighted by Crippen LogP contribution is -2.04. The maximum Gasteiger partial charge on any atom is 0.200 e. The van der Waals surface area contributed by atoms with Gasteiger partial charge in [0.1, 0.15) is 11.8 Å². The summed E-state index contributed by atoms with van der Waals surface area (Å²) in [6.07, 6.45) is 1.54. The molecule has 0 aliphatic carbocycles. The zero-order valence-electron chi connectivity index (χ0n) is 10.0. The Labute approximate surface area is 105 Å². The molecular weight excluding hydrogens is 224 g/mol. The van der Waals surface area contributed by atoms with Gasteiger partial charge in [-0.3, -0.25) is 4.79 Å². The summed E-state index contributed by atoms with van der Waals surface area (Å²) in [6, 6.07) is 15.2. The van der Waals surface area contributed by atoms with Gasteiger partial charge in [0, 0.05) is 0 Å². The molecule has 0 saturated carbocycles. The van der Waals surface area contributed by atoms with Gasteiger partial charge in [0.15, 0.2) is 5.43 Å². The molecule has 0 bridgehead atoms. The maximum atomic E-state index is 12.4. The van der Waals surface area contributed by atoms with Crippen LogP contribution in [0.15, 0.2) is 64.0 Å². The largest absolute Gasteiger partial charge is 0.463 e. The first kappa shape index (κ1) is 10.8. The van der Waals surface area contributed by atoms with Gasteiger partial charge in [-0.15, -0.1) is 0 Å². The highest BCUT2D eigenvalue weighted by molar-refractivity contribution is 5.82. The third-order valence-corrected chi connectivity index (χ3v) is 3.01. The predicted molar refractivity (Wildman–Crippen MR) is 72.7 cm³/mol. The van der Waals surface area contributed by atoms with Crippen LogP contribution in [0, 0.1) is 6.92 Å². The van der Waals surface area contributed by atoms with Gasteiger partial charge in [0.2, 0.25) is 0 Å². The van der Waals surface area contributed by atoms with Crippen molar-refractivity contribution in [1.82, 2.24) is 0 Å². The van der Waals surface area contributed by atoms with Crippen molar-refractivity contribution in [3.63, 3.8) is 0 Å². The van der Waals surface area contributed by atoms with Crippen molar-refractivity contribution >= 4 is 11.0 Å². The number of aryl methyl sites for hydroxylation is 1. The molecule has 0 spiro atoms. The van der Waals surface area contributed by atoms with Crippen LogP contribution in [0.2, 0.25) is 0 Å². The van der Waals surface area contributed by atoms with Gasteiger partial charge in [-0.1, -0.05) is 42.0 Å². The first-order valence-electron chi connectivity index (χ1n) is 5.83. The number of fused-ring (bicyclic) bond motifs is 1. The molecular formula is C16H12O2. The third-order valence-electron chi connectivity index (χ3n) is 3.01. The first-order chi connectivity index (χ1) is 8.75. The fourth-order valence-electron chi connectivity index (χ4n) is 2.06. The lowest BCUT2D eigenvalue weighted by atomic mass is 10.0. The van der Waals surface area contributed by atoms with Crippen LogP contribution in [0.25, 0.3) is 22.1 Å². The summed E-state index contributed by atoms with van der Waals surface area (Å²) in [5.41, 5.74) is 3.19. The van der Waals surface area contributed by atoms with Crippen LogP contribution in [-0.2, 0) is 0 Å². The standard InChI is InChI=1S/C16H12O2/c1-11-7-8-15-13(9-11)16(17)14(10-18-15)12-5-3-2-4-6-12/h2-10H,1H3. The number of hydrogen-bond donors (Lipinski definition) is 0. The van der Waals surface area contributed by atoms with Crippen LogP contribution in [0.1, 0.15) is 5.56 Å². The topological polar surface area (TPSA) is 30.2 Å². The minimum atomic E-state index is 0.0196. The second-order valence-electron chi connectivity index (χ2n) is 4.34. The minimum Gasteiger partial charge on any atom is -0.463 e. The van der Waals surface area contributed by atoms with Crippen LogP contribution in [0.3, 0.4) is 0 Å². The smallest absolute Gasteiger partial charge is 0.200 e. The van der Waals surface area contributed by atoms with Gasteiger partial charge in [-0.2, -0.15) is 0 Å². The molecule has 3 rings (SSSR count). The lowest BCUT2D eigenvalue weighted by Gasteiger charge is -2.03. The van der Waals surface area contributed by atoms with Crippen molar-refractivity contribution in [2.45, 2.75) is 6.92 Å². The maximum absolute atomic E-state index is 12.4. The summed E-state index contributed by atoms with van der Waals surface area (Å²) in [4.78, 5) is 12.4. The minimum absolute atomic E-state index is 0.0196. The third kappa shape index (κ3) is 1.72. The van der Waals surface area contributed by atoms with E-state index >= 15 is 0 Å². The van der Waals surface area contributed by atoms with E-state index in [0.717, 1.165) is 11.1 Å². The molecule has 88 valence electrons. The fraction of sp³-hybridized carbons (Fsp3) is 0.0625. The Morgan fingerprint density at radius 3 is 2.56 bits per heavy atom. The van der Waals surface area contributed by atoms with E-state index in [1.165, 1.54) is 6.26 Å². The van der Waals surface area contributed by atoms with Gasteiger partial charge in [0.05, 0.1) is 10.9 Å². The molecule has 0 amide bonds. The van der Waals surface area contributed by atoms with Gasteiger partial charge in [0.25, 0.3) is 0 Å². The average Bonchev–Trinajstić information content (AvgIpc) is 2.41. The Kier molecular flexibility index (Phi) is 2.49. The van der Waals surface area contributed by atoms with Crippen molar-refractivity contribution in [2.75, 3.05) is 0 Å². The van der Waals surface area contributed by atoms with E-state index in [1.54, 1.807) is 0 Å². The van der Waals surface area contributed by atoms with Crippen LogP contribution in [0.5, 0.6) is 0 Å². The molecule has 1 aromatic heterocycles. The molecule has 0 atom stereocenters. The summed E-state index contributed by atoms with van der Waals surface area (Å²) < 4.78 is 5.53. The Bertz CT molecular complexity index is 755. The Morgan fingerprint density at radius 2 is 1.78 bits per heavy atom. The molecule has 0 aliphatic rings. The average molecular weight is 236 g/mol. The second-order valence-corrected chi connectivity index (χ2v) is 4.34. The number of benzene rings is 2. The van der Waals surface area contributed by atoms with Gasteiger partial charge in [-0.05, 0) is 24.6 Å². The summed E-state index contributed by atoms with van der Waals surface area (Å²) in [5.74, 6) is 0. The molecule has 2 aromatic carbocycles. The Hall–Kier alpha value is -2.35. The van der Waals surface area contributed by atoms with Crippen molar-refractivity contribution in [3.8, 4) is 11.1 Å².